The van der Waals surface area contributed by atoms with Crippen molar-refractivity contribution in [1.29, 1.82) is 0 Å². The zero-order valence-electron chi connectivity index (χ0n) is 18.0. The first kappa shape index (κ1) is 23.4. The van der Waals surface area contributed by atoms with Crippen molar-refractivity contribution in [2.45, 2.75) is 61.5 Å². The first-order chi connectivity index (χ1) is 14.9. The van der Waals surface area contributed by atoms with Crippen molar-refractivity contribution in [2.75, 3.05) is 19.5 Å². The molecular formula is C21H29ClN6O2S. The smallest absolute Gasteiger partial charge is 0.236 e. The van der Waals surface area contributed by atoms with Gasteiger partial charge >= 0.3 is 0 Å². The molecule has 1 aliphatic carbocycles. The normalized spacial score (nSPS) is 20.5. The Labute approximate surface area is 192 Å². The van der Waals surface area contributed by atoms with Gasteiger partial charge in [-0.2, -0.15) is 0 Å². The number of hydrogen-bond acceptors (Lipinski definition) is 6. The summed E-state index contributed by atoms with van der Waals surface area (Å²) in [5, 5.41) is 12.7. The maximum atomic E-state index is 13.1. The van der Waals surface area contributed by atoms with Crippen molar-refractivity contribution in [2.24, 2.45) is 0 Å². The predicted molar refractivity (Wildman–Crippen MR) is 123 cm³/mol. The van der Waals surface area contributed by atoms with Crippen molar-refractivity contribution in [3.05, 3.63) is 40.7 Å². The van der Waals surface area contributed by atoms with Gasteiger partial charge in [-0.1, -0.05) is 54.8 Å². The van der Waals surface area contributed by atoms with Crippen LogP contribution in [-0.4, -0.2) is 57.5 Å². The molecule has 0 spiro atoms. The fourth-order valence-electron chi connectivity index (χ4n) is 3.61. The van der Waals surface area contributed by atoms with E-state index < -0.39 is 0 Å². The molecule has 168 valence electrons. The molecule has 2 amide bonds. The number of aromatic nitrogens is 3. The molecule has 2 heterocycles. The molecule has 10 heteroatoms. The predicted octanol–water partition coefficient (Wildman–Crippen LogP) is 3.15. The highest BCUT2D eigenvalue weighted by molar-refractivity contribution is 8.00. The van der Waals surface area contributed by atoms with Gasteiger partial charge in [-0.15, -0.1) is 10.2 Å². The number of nitrogens with zero attached hydrogens (tertiary/aromatic N) is 4. The largest absolute Gasteiger partial charge is 0.352 e. The lowest BCUT2D eigenvalue weighted by Gasteiger charge is -2.34. The quantitative estimate of drug-likeness (QED) is 0.675. The van der Waals surface area contributed by atoms with Crippen molar-refractivity contribution in [3.63, 3.8) is 0 Å². The molecule has 1 aromatic heterocycles. The van der Waals surface area contributed by atoms with Gasteiger partial charge in [0, 0.05) is 25.2 Å². The zero-order chi connectivity index (χ0) is 22.4. The van der Waals surface area contributed by atoms with Gasteiger partial charge in [-0.3, -0.25) is 9.59 Å². The van der Waals surface area contributed by atoms with Crippen LogP contribution in [0.4, 0.5) is 0 Å². The molecule has 0 bridgehead atoms. The molecule has 2 aromatic rings. The summed E-state index contributed by atoms with van der Waals surface area (Å²) < 4.78 is 1.86. The number of rotatable bonds is 4. The van der Waals surface area contributed by atoms with Crippen molar-refractivity contribution in [3.8, 4) is 0 Å². The molecule has 2 aliphatic rings. The summed E-state index contributed by atoms with van der Waals surface area (Å²) in [6, 6.07) is 7.74. The minimum absolute atomic E-state index is 0.0567. The minimum Gasteiger partial charge on any atom is -0.352 e. The van der Waals surface area contributed by atoms with E-state index in [2.05, 4.69) is 20.9 Å². The highest BCUT2D eigenvalue weighted by atomic mass is 35.5. The van der Waals surface area contributed by atoms with Crippen LogP contribution in [0.2, 0.25) is 5.02 Å². The van der Waals surface area contributed by atoms with Crippen LogP contribution in [0.3, 0.4) is 0 Å². The van der Waals surface area contributed by atoms with Crippen LogP contribution >= 0.6 is 23.4 Å². The van der Waals surface area contributed by atoms with Crippen molar-refractivity contribution in [1.82, 2.24) is 25.1 Å². The number of amides is 2. The second-order valence-corrected chi connectivity index (χ2v) is 9.52. The molecule has 2 unspecified atom stereocenters. The number of aryl methyl sites for hydroxylation is 1. The van der Waals surface area contributed by atoms with E-state index in [4.69, 9.17) is 11.6 Å². The maximum Gasteiger partial charge on any atom is 0.236 e. The number of nitrogens with one attached hydrogen (secondary N) is 2. The van der Waals surface area contributed by atoms with Crippen molar-refractivity contribution < 1.29 is 9.59 Å². The molecule has 1 aliphatic heterocycles. The van der Waals surface area contributed by atoms with Gasteiger partial charge in [-0.05, 0) is 37.5 Å². The standard InChI is InChI=1S/C18H22ClN5OS.C3H7NO/c1-11-21-22-18-24(11)23-15(12-7-9-13(19)10-8-12)16(26-18)17(25)20-14-5-3-2-4-6-14;1-4(2)3-5/h7-10,14-16,23H,2-6H2,1H3,(H,20,25);3H,1-2H3. The third-order valence-electron chi connectivity index (χ3n) is 5.25. The van der Waals surface area contributed by atoms with E-state index in [1.54, 1.807) is 14.1 Å². The van der Waals surface area contributed by atoms with Gasteiger partial charge in [0.2, 0.25) is 17.5 Å². The number of hydrogen-bond donors (Lipinski definition) is 2. The Kier molecular flexibility index (Phi) is 8.20. The summed E-state index contributed by atoms with van der Waals surface area (Å²) in [7, 11) is 3.38. The average Bonchev–Trinajstić information content (AvgIpc) is 3.14. The molecule has 1 fully saturated rings. The fourth-order valence-corrected chi connectivity index (χ4v) is 4.87. The Morgan fingerprint density at radius 3 is 2.48 bits per heavy atom. The van der Waals surface area contributed by atoms with Gasteiger partial charge in [0.05, 0.1) is 6.04 Å². The second-order valence-electron chi connectivity index (χ2n) is 7.97. The average molecular weight is 465 g/mol. The van der Waals surface area contributed by atoms with Crippen LogP contribution in [0.15, 0.2) is 29.4 Å². The summed E-state index contributed by atoms with van der Waals surface area (Å²) in [5.41, 5.74) is 4.43. The van der Waals surface area contributed by atoms with Crippen molar-refractivity contribution >= 4 is 35.7 Å². The topological polar surface area (TPSA) is 92.2 Å². The van der Waals surface area contributed by atoms with E-state index in [-0.39, 0.29) is 23.2 Å². The van der Waals surface area contributed by atoms with Gasteiger partial charge in [-0.25, -0.2) is 4.68 Å². The molecular weight excluding hydrogens is 436 g/mol. The number of thioether (sulfide) groups is 1. The van der Waals surface area contributed by atoms with E-state index in [0.717, 1.165) is 35.8 Å². The summed E-state index contributed by atoms with van der Waals surface area (Å²) in [6.07, 6.45) is 6.53. The SMILES string of the molecule is CN(C)C=O.Cc1nnc2n1NC(c1ccc(Cl)cc1)C(C(=O)NC1CCCCC1)S2. The second kappa shape index (κ2) is 10.9. The first-order valence-electron chi connectivity index (χ1n) is 10.4. The highest BCUT2D eigenvalue weighted by Crippen LogP contribution is 2.37. The van der Waals surface area contributed by atoms with Crippen LogP contribution in [0, 0.1) is 6.92 Å². The number of carbonyl (C=O) groups is 2. The number of benzene rings is 1. The molecule has 1 saturated carbocycles. The molecule has 0 saturated heterocycles. The van der Waals surface area contributed by atoms with Crippen LogP contribution in [0.25, 0.3) is 0 Å². The third-order valence-corrected chi connectivity index (χ3v) is 6.72. The summed E-state index contributed by atoms with van der Waals surface area (Å²) in [5.74, 6) is 0.832. The lowest BCUT2D eigenvalue weighted by Crippen LogP contribution is -2.47. The summed E-state index contributed by atoms with van der Waals surface area (Å²) in [6.45, 7) is 1.89. The van der Waals surface area contributed by atoms with Gasteiger partial charge < -0.3 is 15.6 Å². The number of halogens is 1. The summed E-state index contributed by atoms with van der Waals surface area (Å²) >= 11 is 7.50. The summed E-state index contributed by atoms with van der Waals surface area (Å²) in [4.78, 5) is 24.0. The maximum absolute atomic E-state index is 13.1. The van der Waals surface area contributed by atoms with E-state index >= 15 is 0 Å². The van der Waals surface area contributed by atoms with Gasteiger partial charge in [0.1, 0.15) is 11.1 Å². The van der Waals surface area contributed by atoms with Crippen LogP contribution < -0.4 is 10.7 Å². The first-order valence-corrected chi connectivity index (χ1v) is 11.7. The van der Waals surface area contributed by atoms with E-state index in [1.807, 2.05) is 35.9 Å². The Morgan fingerprint density at radius 1 is 1.23 bits per heavy atom. The Hall–Kier alpha value is -2.26. The molecule has 2 N–H and O–H groups in total. The molecule has 31 heavy (non-hydrogen) atoms. The molecule has 4 rings (SSSR count). The molecule has 0 radical (unpaired) electrons. The Balaban J connectivity index is 0.000000491. The van der Waals surface area contributed by atoms with Crippen LogP contribution in [-0.2, 0) is 9.59 Å². The van der Waals surface area contributed by atoms with Gasteiger partial charge in [0.15, 0.2) is 0 Å². The third kappa shape index (κ3) is 6.13. The lowest BCUT2D eigenvalue weighted by molar-refractivity contribution is -0.122. The van der Waals surface area contributed by atoms with Crippen LogP contribution in [0.5, 0.6) is 0 Å². The van der Waals surface area contributed by atoms with E-state index in [9.17, 15) is 9.59 Å². The van der Waals surface area contributed by atoms with Crippen LogP contribution in [0.1, 0.15) is 49.5 Å². The molecule has 2 atom stereocenters. The highest BCUT2D eigenvalue weighted by Gasteiger charge is 2.38. The Morgan fingerprint density at radius 2 is 1.87 bits per heavy atom. The minimum atomic E-state index is -0.311. The van der Waals surface area contributed by atoms with Gasteiger partial charge in [0.25, 0.3) is 0 Å². The molecule has 8 nitrogen and oxygen atoms in total. The van der Waals surface area contributed by atoms with E-state index in [0.29, 0.717) is 5.02 Å². The number of fused-ring (bicyclic) bond motifs is 1. The zero-order valence-corrected chi connectivity index (χ0v) is 19.6. The monoisotopic (exact) mass is 464 g/mol. The Bertz CT molecular complexity index is 882. The van der Waals surface area contributed by atoms with E-state index in [1.165, 1.54) is 35.9 Å². The lowest BCUT2D eigenvalue weighted by atomic mass is 9.95. The fraction of sp³-hybridized carbons (Fsp3) is 0.524. The number of carbonyl (C=O) groups excluding carboxylic acids is 2. The molecule has 1 aromatic carbocycles.